The maximum atomic E-state index is 12.7. The molecule has 1 saturated carbocycles. The number of carbonyl (C=O) groups is 1. The van der Waals surface area contributed by atoms with Crippen LogP contribution in [0.15, 0.2) is 30.3 Å². The van der Waals surface area contributed by atoms with Crippen molar-refractivity contribution in [3.63, 3.8) is 0 Å². The van der Waals surface area contributed by atoms with E-state index in [1.54, 1.807) is 4.90 Å². The van der Waals surface area contributed by atoms with Gasteiger partial charge in [-0.2, -0.15) is 0 Å². The zero-order valence-corrected chi connectivity index (χ0v) is 11.2. The van der Waals surface area contributed by atoms with Gasteiger partial charge in [0, 0.05) is 20.1 Å². The van der Waals surface area contributed by atoms with E-state index in [2.05, 4.69) is 5.32 Å². The molecule has 1 aliphatic carbocycles. The maximum absolute atomic E-state index is 12.7. The van der Waals surface area contributed by atoms with E-state index in [9.17, 15) is 9.90 Å². The van der Waals surface area contributed by atoms with Crippen LogP contribution in [0, 0.1) is 0 Å². The molecule has 0 radical (unpaired) electrons. The molecule has 0 spiro atoms. The second-order valence-electron chi connectivity index (χ2n) is 5.66. The van der Waals surface area contributed by atoms with Crippen molar-refractivity contribution < 1.29 is 9.90 Å². The summed E-state index contributed by atoms with van der Waals surface area (Å²) in [6, 6.07) is 9.89. The monoisotopic (exact) mass is 260 g/mol. The Balaban J connectivity index is 1.80. The van der Waals surface area contributed by atoms with Crippen molar-refractivity contribution in [1.29, 1.82) is 0 Å². The standard InChI is InChI=1S/C15H20N2O2/c1-17(12-9-16-10-13(12)18)14(19)15(7-8-15)11-5-3-2-4-6-11/h2-6,12-13,16,18H,7-10H2,1H3/t12-,13-/m0/s1. The largest absolute Gasteiger partial charge is 0.390 e. The van der Waals surface area contributed by atoms with Gasteiger partial charge in [0.15, 0.2) is 0 Å². The van der Waals surface area contributed by atoms with Crippen LogP contribution in [0.4, 0.5) is 0 Å². The molecule has 1 aromatic carbocycles. The van der Waals surface area contributed by atoms with Gasteiger partial charge in [-0.05, 0) is 18.4 Å². The van der Waals surface area contributed by atoms with Crippen LogP contribution in [-0.4, -0.2) is 48.2 Å². The first kappa shape index (κ1) is 12.6. The molecule has 0 bridgehead atoms. The summed E-state index contributed by atoms with van der Waals surface area (Å²) < 4.78 is 0. The minimum atomic E-state index is -0.458. The summed E-state index contributed by atoms with van der Waals surface area (Å²) in [6.07, 6.45) is 1.37. The number of aliphatic hydroxyl groups is 1. The Morgan fingerprint density at radius 2 is 2.00 bits per heavy atom. The molecule has 1 amide bonds. The van der Waals surface area contributed by atoms with Crippen LogP contribution in [0.3, 0.4) is 0 Å². The van der Waals surface area contributed by atoms with Crippen molar-refractivity contribution in [3.05, 3.63) is 35.9 Å². The summed E-state index contributed by atoms with van der Waals surface area (Å²) in [5.74, 6) is 0.145. The Morgan fingerprint density at radius 3 is 2.53 bits per heavy atom. The fraction of sp³-hybridized carbons (Fsp3) is 0.533. The van der Waals surface area contributed by atoms with Crippen molar-refractivity contribution in [1.82, 2.24) is 10.2 Å². The number of benzene rings is 1. The molecule has 0 aromatic heterocycles. The molecule has 4 nitrogen and oxygen atoms in total. The molecule has 2 atom stereocenters. The quantitative estimate of drug-likeness (QED) is 0.832. The number of nitrogens with one attached hydrogen (secondary N) is 1. The van der Waals surface area contributed by atoms with E-state index in [0.29, 0.717) is 13.1 Å². The predicted molar refractivity (Wildman–Crippen MR) is 72.8 cm³/mol. The zero-order valence-electron chi connectivity index (χ0n) is 11.2. The summed E-state index contributed by atoms with van der Waals surface area (Å²) in [6.45, 7) is 1.24. The molecule has 19 heavy (non-hydrogen) atoms. The molecule has 1 heterocycles. The number of hydrogen-bond acceptors (Lipinski definition) is 3. The third-order valence-electron chi connectivity index (χ3n) is 4.45. The average molecular weight is 260 g/mol. The van der Waals surface area contributed by atoms with E-state index in [-0.39, 0.29) is 17.4 Å². The van der Waals surface area contributed by atoms with Gasteiger partial charge in [-0.15, -0.1) is 0 Å². The number of nitrogens with zero attached hydrogens (tertiary/aromatic N) is 1. The predicted octanol–water partition coefficient (Wildman–Crippen LogP) is 0.509. The van der Waals surface area contributed by atoms with Gasteiger partial charge in [0.2, 0.25) is 5.91 Å². The Labute approximate surface area is 113 Å². The molecule has 2 N–H and O–H groups in total. The van der Waals surface area contributed by atoms with Crippen LogP contribution in [0.5, 0.6) is 0 Å². The smallest absolute Gasteiger partial charge is 0.233 e. The number of amides is 1. The van der Waals surface area contributed by atoms with E-state index in [0.717, 1.165) is 18.4 Å². The minimum Gasteiger partial charge on any atom is -0.390 e. The zero-order chi connectivity index (χ0) is 13.5. The number of likely N-dealkylation sites (N-methyl/N-ethyl adjacent to an activating group) is 1. The van der Waals surface area contributed by atoms with E-state index < -0.39 is 6.10 Å². The van der Waals surface area contributed by atoms with E-state index in [1.807, 2.05) is 37.4 Å². The highest BCUT2D eigenvalue weighted by Gasteiger charge is 2.53. The Hall–Kier alpha value is -1.39. The first-order valence-electron chi connectivity index (χ1n) is 6.87. The summed E-state index contributed by atoms with van der Waals surface area (Å²) in [5, 5.41) is 13.0. The summed E-state index contributed by atoms with van der Waals surface area (Å²) in [7, 11) is 1.81. The van der Waals surface area contributed by atoms with Crippen LogP contribution in [0.25, 0.3) is 0 Å². The Bertz CT molecular complexity index is 470. The van der Waals surface area contributed by atoms with Crippen molar-refractivity contribution in [3.8, 4) is 0 Å². The third-order valence-corrected chi connectivity index (χ3v) is 4.45. The van der Waals surface area contributed by atoms with Crippen molar-refractivity contribution in [2.75, 3.05) is 20.1 Å². The SMILES string of the molecule is CN(C(=O)C1(c2ccccc2)CC1)[C@H]1CNC[C@@H]1O. The van der Waals surface area contributed by atoms with Crippen LogP contribution < -0.4 is 5.32 Å². The van der Waals surface area contributed by atoms with Gasteiger partial charge < -0.3 is 15.3 Å². The fourth-order valence-electron chi connectivity index (χ4n) is 3.04. The molecule has 102 valence electrons. The lowest BCUT2D eigenvalue weighted by atomic mass is 9.93. The van der Waals surface area contributed by atoms with Gasteiger partial charge in [0.1, 0.15) is 0 Å². The van der Waals surface area contributed by atoms with Gasteiger partial charge in [0.25, 0.3) is 0 Å². The number of carbonyl (C=O) groups excluding carboxylic acids is 1. The summed E-state index contributed by atoms with van der Waals surface area (Å²) in [4.78, 5) is 14.5. The third kappa shape index (κ3) is 2.05. The highest BCUT2D eigenvalue weighted by molar-refractivity contribution is 5.91. The lowest BCUT2D eigenvalue weighted by Crippen LogP contribution is -2.48. The number of hydrogen-bond donors (Lipinski definition) is 2. The van der Waals surface area contributed by atoms with Gasteiger partial charge in [-0.3, -0.25) is 4.79 Å². The minimum absolute atomic E-state index is 0.103. The van der Waals surface area contributed by atoms with Crippen LogP contribution >= 0.6 is 0 Å². The lowest BCUT2D eigenvalue weighted by Gasteiger charge is -2.30. The topological polar surface area (TPSA) is 52.6 Å². The number of β-amino-alcohol motifs (C(OH)–C–C–N with tert-alkyl or cyclic N) is 1. The van der Waals surface area contributed by atoms with Gasteiger partial charge in [0.05, 0.1) is 17.6 Å². The van der Waals surface area contributed by atoms with Gasteiger partial charge in [-0.25, -0.2) is 0 Å². The highest BCUT2D eigenvalue weighted by Crippen LogP contribution is 2.49. The van der Waals surface area contributed by atoms with Gasteiger partial charge in [-0.1, -0.05) is 30.3 Å². The van der Waals surface area contributed by atoms with Crippen molar-refractivity contribution >= 4 is 5.91 Å². The van der Waals surface area contributed by atoms with Crippen LogP contribution in [-0.2, 0) is 10.2 Å². The van der Waals surface area contributed by atoms with E-state index >= 15 is 0 Å². The molecule has 1 aromatic rings. The molecule has 4 heteroatoms. The second kappa shape index (κ2) is 4.62. The Kier molecular flexibility index (Phi) is 3.07. The molecule has 1 aliphatic heterocycles. The average Bonchev–Trinajstić information content (AvgIpc) is 3.15. The molecular formula is C15H20N2O2. The summed E-state index contributed by atoms with van der Waals surface area (Å²) in [5.41, 5.74) is 0.769. The molecular weight excluding hydrogens is 240 g/mol. The van der Waals surface area contributed by atoms with Gasteiger partial charge >= 0.3 is 0 Å². The van der Waals surface area contributed by atoms with E-state index in [4.69, 9.17) is 0 Å². The maximum Gasteiger partial charge on any atom is 0.233 e. The molecule has 0 unspecified atom stereocenters. The number of rotatable bonds is 3. The second-order valence-corrected chi connectivity index (χ2v) is 5.66. The molecule has 2 fully saturated rings. The van der Waals surface area contributed by atoms with Crippen LogP contribution in [0.2, 0.25) is 0 Å². The van der Waals surface area contributed by atoms with E-state index in [1.165, 1.54) is 0 Å². The lowest BCUT2D eigenvalue weighted by molar-refractivity contribution is -0.136. The molecule has 3 rings (SSSR count). The first-order valence-corrected chi connectivity index (χ1v) is 6.87. The molecule has 2 aliphatic rings. The molecule has 1 saturated heterocycles. The van der Waals surface area contributed by atoms with Crippen molar-refractivity contribution in [2.24, 2.45) is 0 Å². The normalized spacial score (nSPS) is 28.1. The Morgan fingerprint density at radius 1 is 1.32 bits per heavy atom. The van der Waals surface area contributed by atoms with Crippen LogP contribution in [0.1, 0.15) is 18.4 Å². The summed E-state index contributed by atoms with van der Waals surface area (Å²) >= 11 is 0. The first-order chi connectivity index (χ1) is 9.15. The fourth-order valence-corrected chi connectivity index (χ4v) is 3.04. The number of aliphatic hydroxyl groups excluding tert-OH is 1. The van der Waals surface area contributed by atoms with Crippen molar-refractivity contribution in [2.45, 2.75) is 30.4 Å². The highest BCUT2D eigenvalue weighted by atomic mass is 16.3.